The van der Waals surface area contributed by atoms with Crippen molar-refractivity contribution in [3.63, 3.8) is 0 Å². The molecule has 0 bridgehead atoms. The van der Waals surface area contributed by atoms with Crippen LogP contribution in [0.2, 0.25) is 10.0 Å². The van der Waals surface area contributed by atoms with Crippen LogP contribution in [0.4, 0.5) is 0 Å². The molecule has 1 N–H and O–H groups in total. The van der Waals surface area contributed by atoms with Gasteiger partial charge in [0.05, 0.1) is 27.6 Å². The Morgan fingerprint density at radius 2 is 2.05 bits per heavy atom. The Morgan fingerprint density at radius 1 is 1.27 bits per heavy atom. The summed E-state index contributed by atoms with van der Waals surface area (Å²) in [5.74, 6) is -0.256. The minimum absolute atomic E-state index is 0.102. The van der Waals surface area contributed by atoms with Gasteiger partial charge < -0.3 is 5.32 Å². The molecule has 22 heavy (non-hydrogen) atoms. The second kappa shape index (κ2) is 5.79. The van der Waals surface area contributed by atoms with Crippen LogP contribution in [0.5, 0.6) is 0 Å². The molecule has 2 aliphatic rings. The van der Waals surface area contributed by atoms with Crippen LogP contribution in [-0.4, -0.2) is 5.78 Å². The number of benzene rings is 1. The van der Waals surface area contributed by atoms with Crippen molar-refractivity contribution in [2.24, 2.45) is 0 Å². The van der Waals surface area contributed by atoms with Gasteiger partial charge in [-0.15, -0.1) is 0 Å². The molecule has 0 spiro atoms. The fraction of sp³-hybridized carbons (Fsp3) is 0.294. The summed E-state index contributed by atoms with van der Waals surface area (Å²) < 4.78 is 0. The molecule has 0 fully saturated rings. The summed E-state index contributed by atoms with van der Waals surface area (Å²) in [6.07, 6.45) is 2.19. The van der Waals surface area contributed by atoms with Gasteiger partial charge in [-0.2, -0.15) is 5.26 Å². The molecule has 0 amide bonds. The number of hydrogen-bond acceptors (Lipinski definition) is 3. The van der Waals surface area contributed by atoms with E-state index >= 15 is 0 Å². The van der Waals surface area contributed by atoms with Crippen molar-refractivity contribution in [3.8, 4) is 6.07 Å². The number of carbonyl (C=O) groups is 1. The Bertz CT molecular complexity index is 771. The van der Waals surface area contributed by atoms with E-state index in [1.54, 1.807) is 12.1 Å². The Morgan fingerprint density at radius 3 is 2.73 bits per heavy atom. The maximum atomic E-state index is 12.4. The standard InChI is InChI=1S/C17H14Cl2N2O/c1-9-11(8-20)16(10-5-6-12(18)13(19)7-10)17-14(21-9)3-2-4-15(17)22/h5-7,16,21H,2-4H2,1H3. The molecule has 0 saturated carbocycles. The van der Waals surface area contributed by atoms with E-state index in [4.69, 9.17) is 23.2 Å². The molecule has 5 heteroatoms. The van der Waals surface area contributed by atoms with Crippen LogP contribution in [0.25, 0.3) is 0 Å². The highest BCUT2D eigenvalue weighted by Crippen LogP contribution is 2.42. The summed E-state index contributed by atoms with van der Waals surface area (Å²) in [5, 5.41) is 13.7. The average Bonchev–Trinajstić information content (AvgIpc) is 2.49. The summed E-state index contributed by atoms with van der Waals surface area (Å²) >= 11 is 12.1. The number of nitriles is 1. The number of nitrogens with one attached hydrogen (secondary N) is 1. The third-order valence-electron chi connectivity index (χ3n) is 4.17. The van der Waals surface area contributed by atoms with Crippen LogP contribution >= 0.6 is 23.2 Å². The lowest BCUT2D eigenvalue weighted by molar-refractivity contribution is -0.116. The fourth-order valence-electron chi connectivity index (χ4n) is 3.16. The second-order valence-electron chi connectivity index (χ2n) is 5.55. The lowest BCUT2D eigenvalue weighted by Crippen LogP contribution is -2.31. The van der Waals surface area contributed by atoms with Crippen LogP contribution in [0, 0.1) is 11.3 Å². The zero-order chi connectivity index (χ0) is 15.9. The molecule has 3 rings (SSSR count). The van der Waals surface area contributed by atoms with Crippen molar-refractivity contribution < 1.29 is 4.79 Å². The molecule has 0 saturated heterocycles. The van der Waals surface area contributed by atoms with Gasteiger partial charge in [-0.05, 0) is 37.5 Å². The minimum atomic E-state index is -0.358. The van der Waals surface area contributed by atoms with Gasteiger partial charge in [-0.25, -0.2) is 0 Å². The summed E-state index contributed by atoms with van der Waals surface area (Å²) in [7, 11) is 0. The fourth-order valence-corrected chi connectivity index (χ4v) is 3.46. The second-order valence-corrected chi connectivity index (χ2v) is 6.37. The summed E-state index contributed by atoms with van der Waals surface area (Å²) in [6, 6.07) is 7.53. The molecular weight excluding hydrogens is 319 g/mol. The van der Waals surface area contributed by atoms with E-state index in [-0.39, 0.29) is 11.7 Å². The topological polar surface area (TPSA) is 52.9 Å². The number of ketones is 1. The smallest absolute Gasteiger partial charge is 0.161 e. The van der Waals surface area contributed by atoms with Crippen LogP contribution in [0.3, 0.4) is 0 Å². The van der Waals surface area contributed by atoms with Gasteiger partial charge in [0.2, 0.25) is 0 Å². The number of allylic oxidation sites excluding steroid dienone is 4. The predicted octanol–water partition coefficient (Wildman–Crippen LogP) is 4.48. The Balaban J connectivity index is 2.20. The maximum Gasteiger partial charge on any atom is 0.161 e. The van der Waals surface area contributed by atoms with E-state index < -0.39 is 0 Å². The van der Waals surface area contributed by atoms with Crippen molar-refractivity contribution in [1.29, 1.82) is 5.26 Å². The van der Waals surface area contributed by atoms with Gasteiger partial charge in [0.1, 0.15) is 0 Å². The van der Waals surface area contributed by atoms with Gasteiger partial charge in [0.25, 0.3) is 0 Å². The summed E-state index contributed by atoms with van der Waals surface area (Å²) in [6.45, 7) is 1.87. The number of rotatable bonds is 1. The Hall–Kier alpha value is -1.76. The highest BCUT2D eigenvalue weighted by molar-refractivity contribution is 6.42. The maximum absolute atomic E-state index is 12.4. The van der Waals surface area contributed by atoms with Crippen LogP contribution in [0.15, 0.2) is 40.7 Å². The van der Waals surface area contributed by atoms with Gasteiger partial charge in [-0.3, -0.25) is 4.79 Å². The average molecular weight is 333 g/mol. The van der Waals surface area contributed by atoms with E-state index in [2.05, 4.69) is 11.4 Å². The molecule has 0 radical (unpaired) electrons. The molecule has 1 aromatic carbocycles. The Kier molecular flexibility index (Phi) is 3.99. The van der Waals surface area contributed by atoms with E-state index in [9.17, 15) is 10.1 Å². The summed E-state index contributed by atoms with van der Waals surface area (Å²) in [5.41, 5.74) is 3.82. The molecule has 1 aliphatic heterocycles. The largest absolute Gasteiger partial charge is 0.361 e. The molecule has 3 nitrogen and oxygen atoms in total. The van der Waals surface area contributed by atoms with E-state index in [1.807, 2.05) is 13.0 Å². The molecule has 1 heterocycles. The third-order valence-corrected chi connectivity index (χ3v) is 4.91. The van der Waals surface area contributed by atoms with Crippen LogP contribution < -0.4 is 5.32 Å². The van der Waals surface area contributed by atoms with Crippen LogP contribution in [-0.2, 0) is 4.79 Å². The predicted molar refractivity (Wildman–Crippen MR) is 86.5 cm³/mol. The molecule has 1 aromatic rings. The zero-order valence-electron chi connectivity index (χ0n) is 12.0. The van der Waals surface area contributed by atoms with E-state index in [0.29, 0.717) is 27.6 Å². The zero-order valence-corrected chi connectivity index (χ0v) is 13.6. The monoisotopic (exact) mass is 332 g/mol. The first-order chi connectivity index (χ1) is 10.5. The number of nitrogens with zero attached hydrogens (tertiary/aromatic N) is 1. The van der Waals surface area contributed by atoms with Gasteiger partial charge in [0.15, 0.2) is 5.78 Å². The highest BCUT2D eigenvalue weighted by Gasteiger charge is 2.35. The molecular formula is C17H14Cl2N2O. The molecule has 1 atom stereocenters. The summed E-state index contributed by atoms with van der Waals surface area (Å²) in [4.78, 5) is 12.4. The van der Waals surface area contributed by atoms with Crippen molar-refractivity contribution >= 4 is 29.0 Å². The van der Waals surface area contributed by atoms with Crippen LogP contribution in [0.1, 0.15) is 37.7 Å². The number of hydrogen-bond donors (Lipinski definition) is 1. The minimum Gasteiger partial charge on any atom is -0.361 e. The lowest BCUT2D eigenvalue weighted by atomic mass is 9.76. The van der Waals surface area contributed by atoms with E-state index in [0.717, 1.165) is 29.8 Å². The van der Waals surface area contributed by atoms with Crippen molar-refractivity contribution in [3.05, 3.63) is 56.3 Å². The first kappa shape index (κ1) is 15.1. The number of carbonyl (C=O) groups excluding carboxylic acids is 1. The highest BCUT2D eigenvalue weighted by atomic mass is 35.5. The molecule has 112 valence electrons. The van der Waals surface area contributed by atoms with Gasteiger partial charge in [0, 0.05) is 23.4 Å². The Labute approximate surface area is 139 Å². The normalized spacial score (nSPS) is 21.4. The number of Topliss-reactive ketones (excluding diaryl/α,β-unsaturated/α-hetero) is 1. The lowest BCUT2D eigenvalue weighted by Gasteiger charge is -2.32. The first-order valence-electron chi connectivity index (χ1n) is 7.12. The quantitative estimate of drug-likeness (QED) is 0.824. The molecule has 1 unspecified atom stereocenters. The number of dihydropyridines is 1. The van der Waals surface area contributed by atoms with Gasteiger partial charge in [-0.1, -0.05) is 29.3 Å². The SMILES string of the molecule is CC1=C(C#N)C(c2ccc(Cl)c(Cl)c2)C2=C(CCCC2=O)N1. The molecule has 1 aliphatic carbocycles. The van der Waals surface area contributed by atoms with Crippen molar-refractivity contribution in [2.45, 2.75) is 32.1 Å². The van der Waals surface area contributed by atoms with E-state index in [1.165, 1.54) is 0 Å². The molecule has 0 aromatic heterocycles. The first-order valence-corrected chi connectivity index (χ1v) is 7.87. The number of halogens is 2. The third kappa shape index (κ3) is 2.43. The van der Waals surface area contributed by atoms with Crippen molar-refractivity contribution in [2.75, 3.05) is 0 Å². The van der Waals surface area contributed by atoms with Crippen molar-refractivity contribution in [1.82, 2.24) is 5.32 Å². The van der Waals surface area contributed by atoms with Gasteiger partial charge >= 0.3 is 0 Å².